The van der Waals surface area contributed by atoms with Gasteiger partial charge in [0.15, 0.2) is 0 Å². The van der Waals surface area contributed by atoms with Crippen LogP contribution in [0.2, 0.25) is 10.0 Å². The molecule has 1 nitrogen and oxygen atoms in total. The van der Waals surface area contributed by atoms with Crippen LogP contribution in [0.25, 0.3) is 0 Å². The van der Waals surface area contributed by atoms with Crippen LogP contribution in [0.3, 0.4) is 0 Å². The highest BCUT2D eigenvalue weighted by Crippen LogP contribution is 2.29. The lowest BCUT2D eigenvalue weighted by Gasteiger charge is -2.12. The van der Waals surface area contributed by atoms with Crippen molar-refractivity contribution in [2.45, 2.75) is 4.90 Å². The molecule has 0 aliphatic carbocycles. The second-order valence-electron chi connectivity index (χ2n) is 3.37. The lowest BCUT2D eigenvalue weighted by Crippen LogP contribution is -2.21. The second kappa shape index (κ2) is 7.09. The maximum atomic E-state index is 6.05. The molecule has 0 radical (unpaired) electrons. The minimum absolute atomic E-state index is 0.666. The van der Waals surface area contributed by atoms with Crippen molar-refractivity contribution < 1.29 is 0 Å². The molecule has 0 saturated carbocycles. The first-order chi connectivity index (χ1) is 7.63. The summed E-state index contributed by atoms with van der Waals surface area (Å²) in [7, 11) is 2.00. The Morgan fingerprint density at radius 2 is 2.19 bits per heavy atom. The van der Waals surface area contributed by atoms with Gasteiger partial charge in [0.05, 0.1) is 11.6 Å². The van der Waals surface area contributed by atoms with Crippen LogP contribution < -0.4 is 0 Å². The third kappa shape index (κ3) is 4.67. The number of hydrogen-bond donors (Lipinski definition) is 0. The molecule has 0 aliphatic rings. The van der Waals surface area contributed by atoms with Gasteiger partial charge >= 0.3 is 0 Å². The molecule has 1 aromatic carbocycles. The van der Waals surface area contributed by atoms with Crippen LogP contribution in [0, 0.1) is 12.3 Å². The van der Waals surface area contributed by atoms with Crippen LogP contribution in [0.4, 0.5) is 0 Å². The predicted molar refractivity (Wildman–Crippen MR) is 73.5 cm³/mol. The maximum Gasteiger partial charge on any atom is 0.0596 e. The molecule has 0 spiro atoms. The standard InChI is InChI=1S/C12H13Cl2NS/c1-3-6-15(2)7-8-16-12-5-4-10(13)9-11(12)14/h1,4-5,9H,6-8H2,2H3. The molecule has 0 saturated heterocycles. The third-order valence-electron chi connectivity index (χ3n) is 1.99. The summed E-state index contributed by atoms with van der Waals surface area (Å²) in [6.07, 6.45) is 5.22. The molecule has 0 aromatic heterocycles. The predicted octanol–water partition coefficient (Wildman–Crippen LogP) is 3.65. The number of terminal acetylenes is 1. The molecule has 16 heavy (non-hydrogen) atoms. The number of nitrogens with zero attached hydrogens (tertiary/aromatic N) is 1. The average molecular weight is 274 g/mol. The Bertz CT molecular complexity index is 387. The Balaban J connectivity index is 2.41. The van der Waals surface area contributed by atoms with Gasteiger partial charge in [0, 0.05) is 22.2 Å². The first kappa shape index (κ1) is 13.7. The molecule has 0 unspecified atom stereocenters. The summed E-state index contributed by atoms with van der Waals surface area (Å²) in [6, 6.07) is 5.55. The second-order valence-corrected chi connectivity index (χ2v) is 5.35. The fourth-order valence-corrected chi connectivity index (χ4v) is 2.69. The largest absolute Gasteiger partial charge is 0.295 e. The Hall–Kier alpha value is -0.330. The number of halogens is 2. The van der Waals surface area contributed by atoms with Crippen LogP contribution in [0.1, 0.15) is 0 Å². The van der Waals surface area contributed by atoms with Crippen LogP contribution >= 0.6 is 35.0 Å². The van der Waals surface area contributed by atoms with Gasteiger partial charge in [-0.25, -0.2) is 0 Å². The number of rotatable bonds is 5. The molecule has 4 heteroatoms. The minimum atomic E-state index is 0.666. The Morgan fingerprint density at radius 3 is 2.81 bits per heavy atom. The van der Waals surface area contributed by atoms with Crippen LogP contribution in [0.5, 0.6) is 0 Å². The summed E-state index contributed by atoms with van der Waals surface area (Å²) < 4.78 is 0. The zero-order valence-corrected chi connectivity index (χ0v) is 11.4. The highest BCUT2D eigenvalue weighted by Gasteiger charge is 2.02. The van der Waals surface area contributed by atoms with E-state index in [0.29, 0.717) is 16.6 Å². The van der Waals surface area contributed by atoms with Gasteiger partial charge in [-0.3, -0.25) is 4.90 Å². The molecular weight excluding hydrogens is 261 g/mol. The number of benzene rings is 1. The van der Waals surface area contributed by atoms with Gasteiger partial charge in [0.1, 0.15) is 0 Å². The van der Waals surface area contributed by atoms with Crippen LogP contribution in [0.15, 0.2) is 23.1 Å². The van der Waals surface area contributed by atoms with E-state index in [-0.39, 0.29) is 0 Å². The van der Waals surface area contributed by atoms with E-state index in [4.69, 9.17) is 29.6 Å². The van der Waals surface area contributed by atoms with E-state index >= 15 is 0 Å². The normalized spacial score (nSPS) is 10.4. The molecule has 86 valence electrons. The number of hydrogen-bond acceptors (Lipinski definition) is 2. The molecule has 0 bridgehead atoms. The summed E-state index contributed by atoms with van der Waals surface area (Å²) in [5.74, 6) is 3.57. The Labute approximate surface area is 111 Å². The fraction of sp³-hybridized carbons (Fsp3) is 0.333. The lowest BCUT2D eigenvalue weighted by molar-refractivity contribution is 0.402. The van der Waals surface area contributed by atoms with Gasteiger partial charge in [-0.1, -0.05) is 29.1 Å². The zero-order chi connectivity index (χ0) is 12.0. The van der Waals surface area contributed by atoms with E-state index in [1.165, 1.54) is 0 Å². The van der Waals surface area contributed by atoms with Crippen LogP contribution in [-0.2, 0) is 0 Å². The molecule has 1 rings (SSSR count). The van der Waals surface area contributed by atoms with E-state index in [1.807, 2.05) is 19.2 Å². The fourth-order valence-electron chi connectivity index (χ4n) is 1.14. The summed E-state index contributed by atoms with van der Waals surface area (Å²) >= 11 is 13.6. The first-order valence-electron chi connectivity index (χ1n) is 4.83. The summed E-state index contributed by atoms with van der Waals surface area (Å²) in [5, 5.41) is 1.37. The van der Waals surface area contributed by atoms with E-state index in [0.717, 1.165) is 17.2 Å². The van der Waals surface area contributed by atoms with Crippen molar-refractivity contribution in [3.63, 3.8) is 0 Å². The van der Waals surface area contributed by atoms with E-state index < -0.39 is 0 Å². The molecule has 0 atom stereocenters. The topological polar surface area (TPSA) is 3.24 Å². The van der Waals surface area contributed by atoms with Gasteiger partial charge < -0.3 is 0 Å². The third-order valence-corrected chi connectivity index (χ3v) is 3.70. The van der Waals surface area contributed by atoms with Crippen molar-refractivity contribution in [1.82, 2.24) is 4.90 Å². The molecule has 0 fully saturated rings. The van der Waals surface area contributed by atoms with Crippen molar-refractivity contribution in [3.8, 4) is 12.3 Å². The lowest BCUT2D eigenvalue weighted by atomic mass is 10.4. The highest BCUT2D eigenvalue weighted by atomic mass is 35.5. The van der Waals surface area contributed by atoms with E-state index in [2.05, 4.69) is 10.8 Å². The van der Waals surface area contributed by atoms with Crippen molar-refractivity contribution in [2.24, 2.45) is 0 Å². The van der Waals surface area contributed by atoms with Crippen molar-refractivity contribution in [3.05, 3.63) is 28.2 Å². The first-order valence-corrected chi connectivity index (χ1v) is 6.57. The molecule has 1 aromatic rings. The van der Waals surface area contributed by atoms with Gasteiger partial charge in [-0.2, -0.15) is 0 Å². The Morgan fingerprint density at radius 1 is 1.44 bits per heavy atom. The average Bonchev–Trinajstić information content (AvgIpc) is 2.22. The quantitative estimate of drug-likeness (QED) is 0.595. The summed E-state index contributed by atoms with van der Waals surface area (Å²) in [6.45, 7) is 1.61. The van der Waals surface area contributed by atoms with E-state index in [9.17, 15) is 0 Å². The van der Waals surface area contributed by atoms with Crippen molar-refractivity contribution >= 4 is 35.0 Å². The van der Waals surface area contributed by atoms with Crippen molar-refractivity contribution in [1.29, 1.82) is 0 Å². The summed E-state index contributed by atoms with van der Waals surface area (Å²) in [5.41, 5.74) is 0. The smallest absolute Gasteiger partial charge is 0.0596 e. The molecule has 0 amide bonds. The Kier molecular flexibility index (Phi) is 6.08. The highest BCUT2D eigenvalue weighted by molar-refractivity contribution is 7.99. The van der Waals surface area contributed by atoms with Gasteiger partial charge in [-0.15, -0.1) is 18.2 Å². The SMILES string of the molecule is C#CCN(C)CCSc1ccc(Cl)cc1Cl. The molecule has 0 heterocycles. The minimum Gasteiger partial charge on any atom is -0.295 e. The zero-order valence-electron chi connectivity index (χ0n) is 9.04. The van der Waals surface area contributed by atoms with E-state index in [1.54, 1.807) is 17.8 Å². The molecule has 0 aliphatic heterocycles. The summed E-state index contributed by atoms with van der Waals surface area (Å²) in [4.78, 5) is 3.15. The molecule has 0 N–H and O–H groups in total. The van der Waals surface area contributed by atoms with Gasteiger partial charge in [0.2, 0.25) is 0 Å². The monoisotopic (exact) mass is 273 g/mol. The number of thioether (sulfide) groups is 1. The molecular formula is C12H13Cl2NS. The van der Waals surface area contributed by atoms with Gasteiger partial charge in [-0.05, 0) is 25.2 Å². The van der Waals surface area contributed by atoms with Crippen molar-refractivity contribution in [2.75, 3.05) is 25.9 Å². The maximum absolute atomic E-state index is 6.05. The van der Waals surface area contributed by atoms with Crippen LogP contribution in [-0.4, -0.2) is 30.8 Å². The van der Waals surface area contributed by atoms with Gasteiger partial charge in [0.25, 0.3) is 0 Å².